The number of benzene rings is 1. The maximum Gasteiger partial charge on any atom is 0.271 e. The molecule has 1 saturated heterocycles. The molecule has 0 radical (unpaired) electrons. The predicted molar refractivity (Wildman–Crippen MR) is 74.0 cm³/mol. The summed E-state index contributed by atoms with van der Waals surface area (Å²) in [6, 6.07) is 3.72. The molecule has 0 aromatic heterocycles. The molecule has 1 fully saturated rings. The van der Waals surface area contributed by atoms with E-state index >= 15 is 0 Å². The van der Waals surface area contributed by atoms with E-state index in [1.165, 1.54) is 18.2 Å². The number of carbonyl (C=O) groups is 1. The monoisotopic (exact) mass is 316 g/mol. The Balaban J connectivity index is 2.34. The molecule has 0 amide bonds. The number of non-ortho nitro benzene ring substituents is 1. The zero-order valence-corrected chi connectivity index (χ0v) is 11.6. The SMILES string of the molecule is O=C(Cl)c1ccc([N+](=O)[O-])cc1N1CCC(=C(F)F)CC1. The van der Waals surface area contributed by atoms with E-state index in [4.69, 9.17) is 11.6 Å². The summed E-state index contributed by atoms with van der Waals surface area (Å²) in [5.41, 5.74) is 0.345. The summed E-state index contributed by atoms with van der Waals surface area (Å²) in [6.07, 6.45) is -1.37. The van der Waals surface area contributed by atoms with Crippen molar-refractivity contribution in [1.82, 2.24) is 0 Å². The highest BCUT2D eigenvalue weighted by Gasteiger charge is 2.23. The topological polar surface area (TPSA) is 63.4 Å². The number of rotatable bonds is 3. The van der Waals surface area contributed by atoms with Crippen LogP contribution in [0.5, 0.6) is 0 Å². The fourth-order valence-electron chi connectivity index (χ4n) is 2.27. The summed E-state index contributed by atoms with van der Waals surface area (Å²) in [4.78, 5) is 23.3. The normalized spacial score (nSPS) is 15.0. The van der Waals surface area contributed by atoms with E-state index in [-0.39, 0.29) is 42.8 Å². The van der Waals surface area contributed by atoms with Crippen LogP contribution in [-0.4, -0.2) is 23.3 Å². The van der Waals surface area contributed by atoms with Gasteiger partial charge in [0.05, 0.1) is 16.2 Å². The summed E-state index contributed by atoms with van der Waals surface area (Å²) < 4.78 is 25.0. The van der Waals surface area contributed by atoms with E-state index in [2.05, 4.69) is 0 Å². The average Bonchev–Trinajstić information content (AvgIpc) is 2.46. The third kappa shape index (κ3) is 3.36. The summed E-state index contributed by atoms with van der Waals surface area (Å²) in [5, 5.41) is 10.1. The number of halogens is 3. The first-order valence-corrected chi connectivity index (χ1v) is 6.54. The molecular formula is C13H11ClF2N2O3. The molecule has 0 N–H and O–H groups in total. The molecule has 1 aromatic rings. The van der Waals surface area contributed by atoms with Crippen molar-refractivity contribution in [3.63, 3.8) is 0 Å². The second-order valence-electron chi connectivity index (χ2n) is 4.58. The highest BCUT2D eigenvalue weighted by molar-refractivity contribution is 6.68. The Kier molecular flexibility index (Phi) is 4.52. The quantitative estimate of drug-likeness (QED) is 0.484. The molecule has 0 unspecified atom stereocenters. The predicted octanol–water partition coefficient (Wildman–Crippen LogP) is 3.72. The van der Waals surface area contributed by atoms with Gasteiger partial charge in [0.1, 0.15) is 0 Å². The van der Waals surface area contributed by atoms with Crippen molar-refractivity contribution in [2.24, 2.45) is 0 Å². The fraction of sp³-hybridized carbons (Fsp3) is 0.308. The fourth-order valence-corrected chi connectivity index (χ4v) is 2.43. The summed E-state index contributed by atoms with van der Waals surface area (Å²) in [7, 11) is 0. The van der Waals surface area contributed by atoms with Crippen molar-refractivity contribution in [1.29, 1.82) is 0 Å². The van der Waals surface area contributed by atoms with Crippen LogP contribution < -0.4 is 4.90 Å². The van der Waals surface area contributed by atoms with Crippen molar-refractivity contribution in [3.05, 3.63) is 45.5 Å². The lowest BCUT2D eigenvalue weighted by Gasteiger charge is -2.30. The molecule has 1 aromatic carbocycles. The van der Waals surface area contributed by atoms with Gasteiger partial charge in [-0.3, -0.25) is 14.9 Å². The van der Waals surface area contributed by atoms with Gasteiger partial charge in [0.15, 0.2) is 0 Å². The lowest BCUT2D eigenvalue weighted by molar-refractivity contribution is -0.384. The Morgan fingerprint density at radius 3 is 2.38 bits per heavy atom. The number of hydrogen-bond acceptors (Lipinski definition) is 4. The number of carbonyl (C=O) groups excluding carboxylic acids is 1. The Hall–Kier alpha value is -2.02. The third-order valence-corrected chi connectivity index (χ3v) is 3.58. The number of nitro groups is 1. The first-order chi connectivity index (χ1) is 9.90. The van der Waals surface area contributed by atoms with Crippen molar-refractivity contribution in [3.8, 4) is 0 Å². The molecule has 2 rings (SSSR count). The number of nitro benzene ring substituents is 1. The van der Waals surface area contributed by atoms with Gasteiger partial charge in [-0.05, 0) is 36.1 Å². The van der Waals surface area contributed by atoms with Crippen LogP contribution in [0.1, 0.15) is 23.2 Å². The summed E-state index contributed by atoms with van der Waals surface area (Å²) in [5.74, 6) is 0. The van der Waals surface area contributed by atoms with Gasteiger partial charge in [0.2, 0.25) is 0 Å². The first-order valence-electron chi connectivity index (χ1n) is 6.16. The van der Waals surface area contributed by atoms with Crippen LogP contribution in [0.3, 0.4) is 0 Å². The second-order valence-corrected chi connectivity index (χ2v) is 4.93. The molecule has 112 valence electrons. The number of hydrogen-bond donors (Lipinski definition) is 0. The van der Waals surface area contributed by atoms with E-state index in [1.807, 2.05) is 0 Å². The molecule has 0 atom stereocenters. The van der Waals surface area contributed by atoms with E-state index in [0.717, 1.165) is 0 Å². The lowest BCUT2D eigenvalue weighted by atomic mass is 10.0. The van der Waals surface area contributed by atoms with Gasteiger partial charge in [-0.15, -0.1) is 0 Å². The molecule has 0 spiro atoms. The van der Waals surface area contributed by atoms with Crippen molar-refractivity contribution in [2.75, 3.05) is 18.0 Å². The van der Waals surface area contributed by atoms with Gasteiger partial charge in [-0.1, -0.05) is 0 Å². The van der Waals surface area contributed by atoms with E-state index in [1.54, 1.807) is 4.90 Å². The van der Waals surface area contributed by atoms with Gasteiger partial charge in [0, 0.05) is 25.2 Å². The molecule has 1 aliphatic rings. The molecule has 1 aliphatic heterocycles. The van der Waals surface area contributed by atoms with Crippen molar-refractivity contribution >= 4 is 28.2 Å². The largest absolute Gasteiger partial charge is 0.370 e. The molecule has 21 heavy (non-hydrogen) atoms. The van der Waals surface area contributed by atoms with Crippen LogP contribution in [0, 0.1) is 10.1 Å². The van der Waals surface area contributed by atoms with Crippen LogP contribution in [0.2, 0.25) is 0 Å². The lowest BCUT2D eigenvalue weighted by Crippen LogP contribution is -2.31. The van der Waals surface area contributed by atoms with Crippen LogP contribution in [0.25, 0.3) is 0 Å². The Morgan fingerprint density at radius 1 is 1.29 bits per heavy atom. The van der Waals surface area contributed by atoms with Gasteiger partial charge < -0.3 is 4.90 Å². The second kappa shape index (κ2) is 6.17. The highest BCUT2D eigenvalue weighted by atomic mass is 35.5. The van der Waals surface area contributed by atoms with E-state index < -0.39 is 16.2 Å². The van der Waals surface area contributed by atoms with Crippen LogP contribution in [-0.2, 0) is 0 Å². The number of anilines is 1. The van der Waals surface area contributed by atoms with Crippen LogP contribution >= 0.6 is 11.6 Å². The van der Waals surface area contributed by atoms with Gasteiger partial charge in [-0.25, -0.2) is 0 Å². The van der Waals surface area contributed by atoms with Crippen LogP contribution in [0.4, 0.5) is 20.2 Å². The third-order valence-electron chi connectivity index (χ3n) is 3.38. The smallest absolute Gasteiger partial charge is 0.271 e. The average molecular weight is 317 g/mol. The van der Waals surface area contributed by atoms with Crippen molar-refractivity contribution < 1.29 is 18.5 Å². The molecule has 5 nitrogen and oxygen atoms in total. The number of piperidine rings is 1. The zero-order chi connectivity index (χ0) is 15.6. The molecule has 8 heteroatoms. The Bertz CT molecular complexity index is 620. The number of nitrogens with zero attached hydrogens (tertiary/aromatic N) is 2. The Labute approximate surface area is 123 Å². The molecule has 0 aliphatic carbocycles. The molecule has 1 heterocycles. The van der Waals surface area contributed by atoms with Gasteiger partial charge in [-0.2, -0.15) is 8.78 Å². The van der Waals surface area contributed by atoms with Crippen molar-refractivity contribution in [2.45, 2.75) is 12.8 Å². The summed E-state index contributed by atoms with van der Waals surface area (Å²) >= 11 is 5.47. The summed E-state index contributed by atoms with van der Waals surface area (Å²) in [6.45, 7) is 0.510. The van der Waals surface area contributed by atoms with Crippen LogP contribution in [0.15, 0.2) is 29.9 Å². The minimum atomic E-state index is -1.68. The maximum atomic E-state index is 12.5. The first kappa shape index (κ1) is 15.4. The van der Waals surface area contributed by atoms with Gasteiger partial charge >= 0.3 is 0 Å². The molecule has 0 bridgehead atoms. The van der Waals surface area contributed by atoms with Gasteiger partial charge in [0.25, 0.3) is 17.0 Å². The molecule has 0 saturated carbocycles. The van der Waals surface area contributed by atoms with E-state index in [9.17, 15) is 23.7 Å². The highest BCUT2D eigenvalue weighted by Crippen LogP contribution is 2.31. The minimum Gasteiger partial charge on any atom is -0.370 e. The van der Waals surface area contributed by atoms with E-state index in [0.29, 0.717) is 5.69 Å². The Morgan fingerprint density at radius 2 is 1.90 bits per heavy atom. The maximum absolute atomic E-state index is 12.5. The zero-order valence-electron chi connectivity index (χ0n) is 10.8. The standard InChI is InChI=1S/C13H11ClF2N2O3/c14-12(19)10-2-1-9(18(20)21)7-11(10)17-5-3-8(4-6-17)13(15)16/h1-2,7H,3-6H2. The molecular weight excluding hydrogens is 306 g/mol. The minimum absolute atomic E-state index is 0.0791.